The number of carboxylic acid groups (broad SMARTS) is 1. The van der Waals surface area contributed by atoms with Crippen molar-refractivity contribution in [3.05, 3.63) is 71.7 Å². The zero-order valence-corrected chi connectivity index (χ0v) is 16.1. The highest BCUT2D eigenvalue weighted by atomic mass is 16.4. The number of likely N-dealkylation sites (tertiary alicyclic amines) is 1. The highest BCUT2D eigenvalue weighted by Crippen LogP contribution is 2.25. The van der Waals surface area contributed by atoms with E-state index >= 15 is 0 Å². The Morgan fingerprint density at radius 3 is 2.38 bits per heavy atom. The first-order valence-electron chi connectivity index (χ1n) is 9.94. The minimum absolute atomic E-state index is 0.240. The normalized spacial score (nSPS) is 14.8. The third kappa shape index (κ3) is 3.47. The van der Waals surface area contributed by atoms with Gasteiger partial charge in [0.2, 0.25) is 0 Å². The number of carbonyl (C=O) groups is 1. The van der Waals surface area contributed by atoms with Crippen molar-refractivity contribution < 1.29 is 9.90 Å². The van der Waals surface area contributed by atoms with E-state index in [2.05, 4.69) is 43.7 Å². The van der Waals surface area contributed by atoms with Crippen LogP contribution in [0.25, 0.3) is 21.9 Å². The van der Waals surface area contributed by atoms with E-state index in [0.29, 0.717) is 12.1 Å². The molecular weight excluding hydrogens is 364 g/mol. The molecule has 0 amide bonds. The number of fused-ring (bicyclic) bond motifs is 3. The number of carboxylic acids is 1. The number of aromatic carboxylic acids is 1. The third-order valence-corrected chi connectivity index (χ3v) is 5.67. The first kappa shape index (κ1) is 17.8. The summed E-state index contributed by atoms with van der Waals surface area (Å²) in [6.45, 7) is 4.14. The molecule has 1 saturated heterocycles. The molecule has 3 heterocycles. The van der Waals surface area contributed by atoms with Crippen LogP contribution in [-0.2, 0) is 13.1 Å². The topological polar surface area (TPSA) is 71.2 Å². The predicted molar refractivity (Wildman–Crippen MR) is 112 cm³/mol. The molecule has 29 heavy (non-hydrogen) atoms. The molecule has 1 fully saturated rings. The fourth-order valence-corrected chi connectivity index (χ4v) is 4.15. The van der Waals surface area contributed by atoms with Gasteiger partial charge in [-0.15, -0.1) is 0 Å². The van der Waals surface area contributed by atoms with Crippen LogP contribution < -0.4 is 0 Å². The van der Waals surface area contributed by atoms with Crippen molar-refractivity contribution in [2.75, 3.05) is 13.1 Å². The molecule has 4 aromatic rings. The molecule has 0 aliphatic carbocycles. The second-order valence-corrected chi connectivity index (χ2v) is 7.70. The molecular formula is C23H22N4O2. The number of imidazole rings is 1. The van der Waals surface area contributed by atoms with E-state index in [0.717, 1.165) is 23.0 Å². The van der Waals surface area contributed by atoms with Gasteiger partial charge in [0.1, 0.15) is 5.52 Å². The molecule has 2 aromatic heterocycles. The number of benzene rings is 2. The van der Waals surface area contributed by atoms with E-state index in [1.807, 2.05) is 12.4 Å². The highest BCUT2D eigenvalue weighted by molar-refractivity contribution is 6.04. The molecule has 1 aliphatic heterocycles. The van der Waals surface area contributed by atoms with Gasteiger partial charge >= 0.3 is 5.97 Å². The van der Waals surface area contributed by atoms with E-state index < -0.39 is 5.97 Å². The van der Waals surface area contributed by atoms with Gasteiger partial charge in [-0.05, 0) is 55.3 Å². The van der Waals surface area contributed by atoms with Crippen LogP contribution in [-0.4, -0.2) is 43.6 Å². The Balaban J connectivity index is 1.44. The van der Waals surface area contributed by atoms with Crippen LogP contribution in [0.3, 0.4) is 0 Å². The molecule has 2 aromatic carbocycles. The van der Waals surface area contributed by atoms with Gasteiger partial charge in [0.05, 0.1) is 29.1 Å². The number of nitrogens with zero attached hydrogens (tertiary/aromatic N) is 4. The minimum atomic E-state index is -0.948. The Bertz CT molecular complexity index is 1190. The first-order chi connectivity index (χ1) is 14.2. The molecule has 0 bridgehead atoms. The standard InChI is InChI=1S/C23H22N4O2/c28-23(29)18-7-8-19-20(11-18)24-12-21-22(19)27(15-25-21)14-17-5-3-16(4-6-17)13-26-9-1-2-10-26/h3-8,11-12,15H,1-2,9-10,13-14H2,(H,28,29). The Morgan fingerprint density at radius 1 is 0.931 bits per heavy atom. The number of hydrogen-bond donors (Lipinski definition) is 1. The average molecular weight is 386 g/mol. The molecule has 0 unspecified atom stereocenters. The van der Waals surface area contributed by atoms with Crippen LogP contribution >= 0.6 is 0 Å². The van der Waals surface area contributed by atoms with Crippen molar-refractivity contribution in [2.24, 2.45) is 0 Å². The second-order valence-electron chi connectivity index (χ2n) is 7.70. The van der Waals surface area contributed by atoms with Crippen molar-refractivity contribution in [3.8, 4) is 0 Å². The van der Waals surface area contributed by atoms with Crippen LogP contribution in [0.2, 0.25) is 0 Å². The summed E-state index contributed by atoms with van der Waals surface area (Å²) in [4.78, 5) is 22.6. The quantitative estimate of drug-likeness (QED) is 0.563. The molecule has 0 radical (unpaired) electrons. The molecule has 6 nitrogen and oxygen atoms in total. The van der Waals surface area contributed by atoms with E-state index in [1.165, 1.54) is 37.1 Å². The van der Waals surface area contributed by atoms with Crippen LogP contribution in [0.4, 0.5) is 0 Å². The molecule has 1 N–H and O–H groups in total. The lowest BCUT2D eigenvalue weighted by atomic mass is 10.1. The SMILES string of the molecule is O=C(O)c1ccc2c(c1)ncc1ncn(Cc3ccc(CN4CCCC4)cc3)c12. The van der Waals surface area contributed by atoms with E-state index in [9.17, 15) is 9.90 Å². The van der Waals surface area contributed by atoms with Crippen LogP contribution in [0.1, 0.15) is 34.3 Å². The van der Waals surface area contributed by atoms with E-state index in [4.69, 9.17) is 0 Å². The summed E-state index contributed by atoms with van der Waals surface area (Å²) >= 11 is 0. The molecule has 0 saturated carbocycles. The summed E-state index contributed by atoms with van der Waals surface area (Å²) in [6, 6.07) is 13.9. The summed E-state index contributed by atoms with van der Waals surface area (Å²) in [7, 11) is 0. The zero-order valence-electron chi connectivity index (χ0n) is 16.1. The fraction of sp³-hybridized carbons (Fsp3) is 0.261. The van der Waals surface area contributed by atoms with Gasteiger partial charge in [-0.1, -0.05) is 24.3 Å². The number of pyridine rings is 1. The van der Waals surface area contributed by atoms with Crippen LogP contribution in [0.5, 0.6) is 0 Å². The fourth-order valence-electron chi connectivity index (χ4n) is 4.15. The Labute approximate surface area is 168 Å². The van der Waals surface area contributed by atoms with Gasteiger partial charge in [0.25, 0.3) is 0 Å². The lowest BCUT2D eigenvalue weighted by Gasteiger charge is -2.15. The van der Waals surface area contributed by atoms with Gasteiger partial charge in [-0.3, -0.25) is 9.88 Å². The predicted octanol–water partition coefficient (Wildman–Crippen LogP) is 3.93. The lowest BCUT2D eigenvalue weighted by Crippen LogP contribution is -2.18. The zero-order chi connectivity index (χ0) is 19.8. The van der Waals surface area contributed by atoms with Crippen molar-refractivity contribution >= 4 is 27.9 Å². The molecule has 146 valence electrons. The van der Waals surface area contributed by atoms with Gasteiger partial charge in [0, 0.05) is 18.5 Å². The maximum atomic E-state index is 11.3. The van der Waals surface area contributed by atoms with Crippen molar-refractivity contribution in [1.82, 2.24) is 19.4 Å². The second kappa shape index (κ2) is 7.29. The minimum Gasteiger partial charge on any atom is -0.478 e. The van der Waals surface area contributed by atoms with Crippen LogP contribution in [0.15, 0.2) is 55.0 Å². The summed E-state index contributed by atoms with van der Waals surface area (Å²) < 4.78 is 2.11. The van der Waals surface area contributed by atoms with Crippen molar-refractivity contribution in [3.63, 3.8) is 0 Å². The van der Waals surface area contributed by atoms with Gasteiger partial charge < -0.3 is 9.67 Å². The largest absolute Gasteiger partial charge is 0.478 e. The third-order valence-electron chi connectivity index (χ3n) is 5.67. The van der Waals surface area contributed by atoms with Crippen LogP contribution in [0, 0.1) is 0 Å². The summed E-state index contributed by atoms with van der Waals surface area (Å²) in [6.07, 6.45) is 6.15. The number of rotatable bonds is 5. The maximum Gasteiger partial charge on any atom is 0.335 e. The van der Waals surface area contributed by atoms with E-state index in [1.54, 1.807) is 18.3 Å². The molecule has 6 heteroatoms. The summed E-state index contributed by atoms with van der Waals surface area (Å²) in [5, 5.41) is 10.1. The molecule has 5 rings (SSSR count). The van der Waals surface area contributed by atoms with Gasteiger partial charge in [-0.2, -0.15) is 0 Å². The Kier molecular flexibility index (Phi) is 4.48. The molecule has 0 atom stereocenters. The molecule has 0 spiro atoms. The Morgan fingerprint density at radius 2 is 1.66 bits per heavy atom. The monoisotopic (exact) mass is 386 g/mol. The number of hydrogen-bond acceptors (Lipinski definition) is 4. The Hall–Kier alpha value is -3.25. The average Bonchev–Trinajstić information content (AvgIpc) is 3.39. The number of aromatic nitrogens is 3. The smallest absolute Gasteiger partial charge is 0.335 e. The van der Waals surface area contributed by atoms with E-state index in [-0.39, 0.29) is 5.56 Å². The highest BCUT2D eigenvalue weighted by Gasteiger charge is 2.13. The van der Waals surface area contributed by atoms with Crippen molar-refractivity contribution in [2.45, 2.75) is 25.9 Å². The van der Waals surface area contributed by atoms with Gasteiger partial charge in [-0.25, -0.2) is 9.78 Å². The molecule has 1 aliphatic rings. The summed E-state index contributed by atoms with van der Waals surface area (Å²) in [5.74, 6) is -0.948. The lowest BCUT2D eigenvalue weighted by molar-refractivity contribution is 0.0697. The summed E-state index contributed by atoms with van der Waals surface area (Å²) in [5.41, 5.74) is 5.26. The van der Waals surface area contributed by atoms with Crippen molar-refractivity contribution in [1.29, 1.82) is 0 Å². The van der Waals surface area contributed by atoms with Gasteiger partial charge in [0.15, 0.2) is 0 Å². The maximum absolute atomic E-state index is 11.3. The first-order valence-corrected chi connectivity index (χ1v) is 9.94.